The van der Waals surface area contributed by atoms with Gasteiger partial charge in [-0.1, -0.05) is 30.3 Å². The Balaban J connectivity index is 2.19. The van der Waals surface area contributed by atoms with Crippen LogP contribution in [0.1, 0.15) is 31.1 Å². The van der Waals surface area contributed by atoms with E-state index < -0.39 is 17.4 Å². The summed E-state index contributed by atoms with van der Waals surface area (Å²) >= 11 is 0. The van der Waals surface area contributed by atoms with Crippen molar-refractivity contribution < 1.29 is 19.1 Å². The molecule has 2 aromatic carbocycles. The van der Waals surface area contributed by atoms with E-state index in [0.29, 0.717) is 5.56 Å². The Morgan fingerprint density at radius 1 is 0.773 bits per heavy atom. The summed E-state index contributed by atoms with van der Waals surface area (Å²) in [6, 6.07) is 15.2. The SMILES string of the molecule is CC(C)(C)C(=O)Oc1ccccc1OC(=O)c1ccccc1. The van der Waals surface area contributed by atoms with E-state index in [4.69, 9.17) is 9.47 Å². The first-order chi connectivity index (χ1) is 10.4. The molecular formula is C18H18O4. The molecule has 0 heterocycles. The summed E-state index contributed by atoms with van der Waals surface area (Å²) in [4.78, 5) is 24.1. The van der Waals surface area contributed by atoms with Crippen LogP contribution in [0, 0.1) is 5.41 Å². The number of esters is 2. The molecule has 114 valence electrons. The van der Waals surface area contributed by atoms with Gasteiger partial charge in [-0.25, -0.2) is 4.79 Å². The van der Waals surface area contributed by atoms with Crippen LogP contribution in [-0.4, -0.2) is 11.9 Å². The van der Waals surface area contributed by atoms with Crippen molar-refractivity contribution in [2.24, 2.45) is 5.41 Å². The van der Waals surface area contributed by atoms with E-state index in [-0.39, 0.29) is 11.5 Å². The van der Waals surface area contributed by atoms with Gasteiger partial charge in [0.2, 0.25) is 0 Å². The van der Waals surface area contributed by atoms with E-state index in [9.17, 15) is 9.59 Å². The summed E-state index contributed by atoms with van der Waals surface area (Å²) in [5.74, 6) is -0.448. The van der Waals surface area contributed by atoms with Gasteiger partial charge >= 0.3 is 11.9 Å². The standard InChI is InChI=1S/C18H18O4/c1-18(2,3)17(20)22-15-12-8-7-11-14(15)21-16(19)13-9-5-4-6-10-13/h4-12H,1-3H3. The molecule has 2 rings (SSSR count). The number of ether oxygens (including phenoxy) is 2. The van der Waals surface area contributed by atoms with Crippen LogP contribution in [0.4, 0.5) is 0 Å². The lowest BCUT2D eigenvalue weighted by Crippen LogP contribution is -2.25. The lowest BCUT2D eigenvalue weighted by molar-refractivity contribution is -0.143. The van der Waals surface area contributed by atoms with E-state index in [1.165, 1.54) is 0 Å². The molecule has 0 radical (unpaired) electrons. The average molecular weight is 298 g/mol. The van der Waals surface area contributed by atoms with Crippen molar-refractivity contribution in [2.75, 3.05) is 0 Å². The summed E-state index contributed by atoms with van der Waals surface area (Å²) < 4.78 is 10.7. The molecule has 0 fully saturated rings. The highest BCUT2D eigenvalue weighted by Crippen LogP contribution is 2.29. The van der Waals surface area contributed by atoms with Gasteiger partial charge in [-0.15, -0.1) is 0 Å². The number of benzene rings is 2. The Morgan fingerprint density at radius 3 is 1.82 bits per heavy atom. The maximum Gasteiger partial charge on any atom is 0.343 e. The van der Waals surface area contributed by atoms with Crippen LogP contribution in [0.2, 0.25) is 0 Å². The fourth-order valence-corrected chi connectivity index (χ4v) is 1.60. The highest BCUT2D eigenvalue weighted by atomic mass is 16.6. The van der Waals surface area contributed by atoms with Gasteiger partial charge < -0.3 is 9.47 Å². The van der Waals surface area contributed by atoms with E-state index >= 15 is 0 Å². The van der Waals surface area contributed by atoms with Crippen molar-refractivity contribution in [3.05, 3.63) is 60.2 Å². The van der Waals surface area contributed by atoms with Crippen LogP contribution < -0.4 is 9.47 Å². The smallest absolute Gasteiger partial charge is 0.343 e. The molecule has 0 N–H and O–H groups in total. The van der Waals surface area contributed by atoms with Gasteiger partial charge in [-0.2, -0.15) is 0 Å². The second kappa shape index (κ2) is 6.43. The van der Waals surface area contributed by atoms with Gasteiger partial charge in [0.15, 0.2) is 11.5 Å². The van der Waals surface area contributed by atoms with Crippen LogP contribution in [0.15, 0.2) is 54.6 Å². The zero-order valence-electron chi connectivity index (χ0n) is 12.8. The second-order valence-electron chi connectivity index (χ2n) is 5.84. The van der Waals surface area contributed by atoms with Crippen molar-refractivity contribution in [3.8, 4) is 11.5 Å². The molecule has 0 aliphatic rings. The lowest BCUT2D eigenvalue weighted by atomic mass is 9.97. The van der Waals surface area contributed by atoms with Crippen molar-refractivity contribution >= 4 is 11.9 Å². The molecule has 0 aliphatic carbocycles. The first kappa shape index (κ1) is 15.8. The summed E-state index contributed by atoms with van der Waals surface area (Å²) in [5.41, 5.74) is -0.212. The number of rotatable bonds is 3. The molecule has 0 atom stereocenters. The van der Waals surface area contributed by atoms with Crippen molar-refractivity contribution in [2.45, 2.75) is 20.8 Å². The van der Waals surface area contributed by atoms with Gasteiger partial charge in [-0.3, -0.25) is 4.79 Å². The van der Waals surface area contributed by atoms with E-state index in [2.05, 4.69) is 0 Å². The van der Waals surface area contributed by atoms with E-state index in [1.54, 1.807) is 69.3 Å². The predicted molar refractivity (Wildman–Crippen MR) is 82.9 cm³/mol. The van der Waals surface area contributed by atoms with Crippen LogP contribution in [-0.2, 0) is 4.79 Å². The Bertz CT molecular complexity index is 669. The average Bonchev–Trinajstić information content (AvgIpc) is 2.49. The highest BCUT2D eigenvalue weighted by molar-refractivity contribution is 5.91. The molecule has 4 nitrogen and oxygen atoms in total. The third-order valence-corrected chi connectivity index (χ3v) is 2.88. The molecule has 0 saturated carbocycles. The number of carbonyl (C=O) groups excluding carboxylic acids is 2. The third-order valence-electron chi connectivity index (χ3n) is 2.88. The molecule has 2 aromatic rings. The molecule has 0 amide bonds. The molecule has 0 aromatic heterocycles. The topological polar surface area (TPSA) is 52.6 Å². The Kier molecular flexibility index (Phi) is 4.61. The molecule has 0 unspecified atom stereocenters. The minimum absolute atomic E-state index is 0.217. The maximum atomic E-state index is 12.1. The zero-order valence-corrected chi connectivity index (χ0v) is 12.8. The highest BCUT2D eigenvalue weighted by Gasteiger charge is 2.25. The molecule has 0 spiro atoms. The monoisotopic (exact) mass is 298 g/mol. The maximum absolute atomic E-state index is 12.1. The fourth-order valence-electron chi connectivity index (χ4n) is 1.60. The minimum atomic E-state index is -0.642. The quantitative estimate of drug-likeness (QED) is 0.638. The van der Waals surface area contributed by atoms with Gasteiger partial charge in [0, 0.05) is 0 Å². The zero-order chi connectivity index (χ0) is 16.2. The summed E-state index contributed by atoms with van der Waals surface area (Å²) in [6.07, 6.45) is 0. The van der Waals surface area contributed by atoms with Gasteiger partial charge in [0.25, 0.3) is 0 Å². The molecule has 0 bridgehead atoms. The minimum Gasteiger partial charge on any atom is -0.422 e. The fraction of sp³-hybridized carbons (Fsp3) is 0.222. The van der Waals surface area contributed by atoms with Crippen LogP contribution in [0.3, 0.4) is 0 Å². The van der Waals surface area contributed by atoms with Crippen LogP contribution in [0.5, 0.6) is 11.5 Å². The third kappa shape index (κ3) is 3.95. The number of para-hydroxylation sites is 2. The van der Waals surface area contributed by atoms with Gasteiger partial charge in [0.05, 0.1) is 11.0 Å². The molecule has 22 heavy (non-hydrogen) atoms. The first-order valence-electron chi connectivity index (χ1n) is 6.96. The predicted octanol–water partition coefficient (Wildman–Crippen LogP) is 3.86. The molecule has 4 heteroatoms. The summed E-state index contributed by atoms with van der Waals surface area (Å²) in [7, 11) is 0. The normalized spacial score (nSPS) is 10.9. The largest absolute Gasteiger partial charge is 0.422 e. The number of hydrogen-bond acceptors (Lipinski definition) is 4. The van der Waals surface area contributed by atoms with Crippen LogP contribution >= 0.6 is 0 Å². The molecule has 0 saturated heterocycles. The van der Waals surface area contributed by atoms with Crippen LogP contribution in [0.25, 0.3) is 0 Å². The summed E-state index contributed by atoms with van der Waals surface area (Å²) in [5, 5.41) is 0. The Labute approximate surface area is 129 Å². The lowest BCUT2D eigenvalue weighted by Gasteiger charge is -2.17. The van der Waals surface area contributed by atoms with Crippen molar-refractivity contribution in [1.29, 1.82) is 0 Å². The second-order valence-corrected chi connectivity index (χ2v) is 5.84. The van der Waals surface area contributed by atoms with E-state index in [1.807, 2.05) is 6.07 Å². The molecule has 0 aliphatic heterocycles. The molecular weight excluding hydrogens is 280 g/mol. The Morgan fingerprint density at radius 2 is 1.27 bits per heavy atom. The number of carbonyl (C=O) groups is 2. The van der Waals surface area contributed by atoms with Crippen molar-refractivity contribution in [1.82, 2.24) is 0 Å². The Hall–Kier alpha value is -2.62. The van der Waals surface area contributed by atoms with Gasteiger partial charge in [-0.05, 0) is 45.0 Å². The van der Waals surface area contributed by atoms with Crippen molar-refractivity contribution in [3.63, 3.8) is 0 Å². The first-order valence-corrected chi connectivity index (χ1v) is 6.96. The summed E-state index contributed by atoms with van der Waals surface area (Å²) in [6.45, 7) is 5.27. The van der Waals surface area contributed by atoms with Gasteiger partial charge in [0.1, 0.15) is 0 Å². The van der Waals surface area contributed by atoms with E-state index in [0.717, 1.165) is 0 Å². The number of hydrogen-bond donors (Lipinski definition) is 0.